The highest BCUT2D eigenvalue weighted by atomic mass is 35.5. The number of nitrogens with zero attached hydrogens (tertiary/aromatic N) is 3. The number of imidazole rings is 1. The summed E-state index contributed by atoms with van der Waals surface area (Å²) >= 11 is 6.32. The summed E-state index contributed by atoms with van der Waals surface area (Å²) in [6.07, 6.45) is 2.00. The van der Waals surface area contributed by atoms with Crippen molar-refractivity contribution < 1.29 is 9.50 Å². The lowest BCUT2D eigenvalue weighted by atomic mass is 9.96. The smallest absolute Gasteiger partial charge is 0.174 e. The van der Waals surface area contributed by atoms with Crippen LogP contribution in [0.5, 0.6) is 0 Å². The molecule has 1 atom stereocenters. The summed E-state index contributed by atoms with van der Waals surface area (Å²) in [7, 11) is 3.70. The van der Waals surface area contributed by atoms with Gasteiger partial charge in [0.25, 0.3) is 0 Å². The normalized spacial score (nSPS) is 12.3. The molecule has 140 valence electrons. The Hall–Kier alpha value is -2.90. The van der Waals surface area contributed by atoms with E-state index in [2.05, 4.69) is 15.3 Å². The van der Waals surface area contributed by atoms with Crippen molar-refractivity contribution in [2.75, 3.05) is 5.32 Å². The molecule has 0 bridgehead atoms. The highest BCUT2D eigenvalue weighted by Gasteiger charge is 2.23. The van der Waals surface area contributed by atoms with E-state index in [4.69, 9.17) is 11.6 Å². The van der Waals surface area contributed by atoms with Crippen LogP contribution in [0.25, 0.3) is 11.0 Å². The maximum absolute atomic E-state index is 15.4. The molecule has 1 unspecified atom stereocenters. The zero-order valence-corrected chi connectivity index (χ0v) is 16.1. The first-order chi connectivity index (χ1) is 13.5. The predicted molar refractivity (Wildman–Crippen MR) is 112 cm³/mol. The van der Waals surface area contributed by atoms with E-state index in [-0.39, 0.29) is 11.2 Å². The standard InChI is InChI=1S/C20H17BClFN4O/c1-27-10-25-19-16(27)9-12(20(28)15-4-2-3-7-24-15)18(17(19)23)26-14-6-5-11(21)8-13(14)22/h2-10,20,26,28H,21H2,1H3. The summed E-state index contributed by atoms with van der Waals surface area (Å²) in [5.74, 6) is -0.556. The lowest BCUT2D eigenvalue weighted by Gasteiger charge is -2.19. The molecule has 0 aliphatic heterocycles. The summed E-state index contributed by atoms with van der Waals surface area (Å²) in [5, 5.41) is 14.4. The first-order valence-corrected chi connectivity index (χ1v) is 9.09. The number of anilines is 2. The Bertz CT molecular complexity index is 1170. The minimum atomic E-state index is -1.12. The number of rotatable bonds is 4. The van der Waals surface area contributed by atoms with E-state index in [1.54, 1.807) is 54.2 Å². The molecule has 0 saturated heterocycles. The van der Waals surface area contributed by atoms with Crippen LogP contribution in [-0.4, -0.2) is 27.5 Å². The highest BCUT2D eigenvalue weighted by molar-refractivity contribution is 6.37. The Morgan fingerprint density at radius 1 is 1.21 bits per heavy atom. The Morgan fingerprint density at radius 3 is 2.75 bits per heavy atom. The fourth-order valence-electron chi connectivity index (χ4n) is 3.14. The van der Waals surface area contributed by atoms with Crippen LogP contribution in [0.1, 0.15) is 17.4 Å². The fourth-order valence-corrected chi connectivity index (χ4v) is 3.42. The van der Waals surface area contributed by atoms with Crippen LogP contribution in [-0.2, 0) is 7.05 Å². The molecule has 0 radical (unpaired) electrons. The molecule has 0 aliphatic rings. The van der Waals surface area contributed by atoms with Crippen molar-refractivity contribution in [3.05, 3.63) is 77.1 Å². The fraction of sp³-hybridized carbons (Fsp3) is 0.100. The number of aromatic nitrogens is 3. The van der Waals surface area contributed by atoms with Gasteiger partial charge in [-0.1, -0.05) is 29.2 Å². The monoisotopic (exact) mass is 394 g/mol. The number of halogens is 2. The van der Waals surface area contributed by atoms with Gasteiger partial charge in [0.15, 0.2) is 5.82 Å². The molecule has 0 fully saturated rings. The SMILES string of the molecule is Bc1ccc(Nc2c(C(O)c3ccccn3)cc3c(ncn3C)c2F)c(Cl)c1. The van der Waals surface area contributed by atoms with Crippen molar-refractivity contribution in [3.63, 3.8) is 0 Å². The average molecular weight is 395 g/mol. The van der Waals surface area contributed by atoms with Crippen molar-refractivity contribution in [3.8, 4) is 0 Å². The van der Waals surface area contributed by atoms with Crippen LogP contribution in [0.3, 0.4) is 0 Å². The van der Waals surface area contributed by atoms with Crippen LogP contribution in [0.4, 0.5) is 15.8 Å². The number of nitrogens with one attached hydrogen (secondary N) is 1. The number of pyridine rings is 1. The maximum atomic E-state index is 15.4. The molecule has 4 rings (SSSR count). The topological polar surface area (TPSA) is 63.0 Å². The number of aliphatic hydroxyl groups excluding tert-OH is 1. The Morgan fingerprint density at radius 2 is 2.04 bits per heavy atom. The molecule has 0 saturated carbocycles. The van der Waals surface area contributed by atoms with Gasteiger partial charge in [0.1, 0.15) is 19.5 Å². The van der Waals surface area contributed by atoms with Gasteiger partial charge < -0.3 is 15.0 Å². The molecule has 2 N–H and O–H groups in total. The molecule has 28 heavy (non-hydrogen) atoms. The van der Waals surface area contributed by atoms with E-state index in [1.807, 2.05) is 13.9 Å². The number of hydrogen-bond acceptors (Lipinski definition) is 4. The molecule has 8 heteroatoms. The van der Waals surface area contributed by atoms with Gasteiger partial charge >= 0.3 is 0 Å². The lowest BCUT2D eigenvalue weighted by Crippen LogP contribution is -2.09. The third-order valence-electron chi connectivity index (χ3n) is 4.64. The van der Waals surface area contributed by atoms with E-state index >= 15 is 4.39 Å². The molecule has 5 nitrogen and oxygen atoms in total. The number of benzene rings is 2. The summed E-state index contributed by atoms with van der Waals surface area (Å²) in [4.78, 5) is 8.35. The first-order valence-electron chi connectivity index (χ1n) is 8.71. The van der Waals surface area contributed by atoms with E-state index in [9.17, 15) is 5.11 Å². The second-order valence-corrected chi connectivity index (χ2v) is 7.05. The number of fused-ring (bicyclic) bond motifs is 1. The third-order valence-corrected chi connectivity index (χ3v) is 4.95. The second kappa shape index (κ2) is 7.26. The second-order valence-electron chi connectivity index (χ2n) is 6.64. The number of aryl methyl sites for hydroxylation is 1. The zero-order valence-electron chi connectivity index (χ0n) is 15.3. The van der Waals surface area contributed by atoms with Crippen molar-refractivity contribution in [1.29, 1.82) is 0 Å². The minimum Gasteiger partial charge on any atom is -0.382 e. The first kappa shape index (κ1) is 18.5. The molecule has 0 amide bonds. The van der Waals surface area contributed by atoms with Crippen molar-refractivity contribution >= 4 is 47.3 Å². The summed E-state index contributed by atoms with van der Waals surface area (Å²) < 4.78 is 17.1. The van der Waals surface area contributed by atoms with E-state index in [1.165, 1.54) is 6.33 Å². The predicted octanol–water partition coefficient (Wildman–Crippen LogP) is 2.84. The van der Waals surface area contributed by atoms with Crippen LogP contribution in [0.15, 0.2) is 55.0 Å². The number of hydrogen-bond donors (Lipinski definition) is 2. The summed E-state index contributed by atoms with van der Waals surface area (Å²) in [6, 6.07) is 12.4. The van der Waals surface area contributed by atoms with Crippen molar-refractivity contribution in [1.82, 2.24) is 14.5 Å². The van der Waals surface area contributed by atoms with E-state index < -0.39 is 11.9 Å². The zero-order chi connectivity index (χ0) is 19.8. The van der Waals surface area contributed by atoms with Crippen molar-refractivity contribution in [2.24, 2.45) is 7.05 Å². The molecule has 2 heterocycles. The molecular weight excluding hydrogens is 378 g/mol. The Labute approximate surface area is 167 Å². The van der Waals surface area contributed by atoms with Crippen LogP contribution in [0.2, 0.25) is 5.02 Å². The third kappa shape index (κ3) is 3.23. The average Bonchev–Trinajstić information content (AvgIpc) is 3.07. The van der Waals surface area contributed by atoms with Gasteiger partial charge in [-0.05, 0) is 30.3 Å². The molecule has 2 aromatic carbocycles. The highest BCUT2D eigenvalue weighted by Crippen LogP contribution is 2.37. The minimum absolute atomic E-state index is 0.120. The molecule has 2 aromatic heterocycles. The van der Waals surface area contributed by atoms with Gasteiger partial charge in [-0.25, -0.2) is 9.37 Å². The van der Waals surface area contributed by atoms with Crippen LogP contribution < -0.4 is 10.8 Å². The molecule has 0 spiro atoms. The molecular formula is C20H17BClFN4O. The summed E-state index contributed by atoms with van der Waals surface area (Å²) in [6.45, 7) is 0. The molecule has 0 aliphatic carbocycles. The van der Waals surface area contributed by atoms with Gasteiger partial charge in [0, 0.05) is 18.8 Å². The van der Waals surface area contributed by atoms with Gasteiger partial charge in [-0.3, -0.25) is 4.98 Å². The van der Waals surface area contributed by atoms with Gasteiger partial charge in [0.05, 0.1) is 33.9 Å². The van der Waals surface area contributed by atoms with Gasteiger partial charge in [0.2, 0.25) is 0 Å². The van der Waals surface area contributed by atoms with E-state index in [0.29, 0.717) is 27.5 Å². The van der Waals surface area contributed by atoms with Crippen LogP contribution in [0, 0.1) is 5.82 Å². The van der Waals surface area contributed by atoms with Crippen LogP contribution >= 0.6 is 11.6 Å². The van der Waals surface area contributed by atoms with Gasteiger partial charge in [-0.15, -0.1) is 0 Å². The van der Waals surface area contributed by atoms with Crippen molar-refractivity contribution in [2.45, 2.75) is 6.10 Å². The Kier molecular flexibility index (Phi) is 4.79. The summed E-state index contributed by atoms with van der Waals surface area (Å²) in [5.41, 5.74) is 3.20. The Balaban J connectivity index is 1.91. The molecule has 4 aromatic rings. The quantitative estimate of drug-likeness (QED) is 0.523. The largest absolute Gasteiger partial charge is 0.382 e. The van der Waals surface area contributed by atoms with E-state index in [0.717, 1.165) is 5.46 Å². The lowest BCUT2D eigenvalue weighted by molar-refractivity contribution is 0.216. The number of aliphatic hydroxyl groups is 1. The maximum Gasteiger partial charge on any atom is 0.174 e. The van der Waals surface area contributed by atoms with Gasteiger partial charge in [-0.2, -0.15) is 0 Å².